The van der Waals surface area contributed by atoms with Gasteiger partial charge in [-0.2, -0.15) is 0 Å². The molecule has 0 aliphatic carbocycles. The first-order chi connectivity index (χ1) is 17.4. The Kier molecular flexibility index (Phi) is 8.51. The minimum Gasteiger partial charge on any atom is -0.444 e. The minimum absolute atomic E-state index is 0.00242. The number of nitrogens with one attached hydrogen (secondary N) is 2. The number of benzene rings is 1. The summed E-state index contributed by atoms with van der Waals surface area (Å²) in [5.74, 6) is -1.49. The molecule has 37 heavy (non-hydrogen) atoms. The number of urea groups is 1. The second-order valence-corrected chi connectivity index (χ2v) is 9.99. The summed E-state index contributed by atoms with van der Waals surface area (Å²) >= 11 is 0. The van der Waals surface area contributed by atoms with Gasteiger partial charge in [0.05, 0.1) is 5.56 Å². The molecular weight excluding hydrogens is 482 g/mol. The maximum Gasteiger partial charge on any atom is 0.410 e. The molecule has 0 radical (unpaired) electrons. The van der Waals surface area contributed by atoms with Crippen LogP contribution >= 0.6 is 0 Å². The quantitative estimate of drug-likeness (QED) is 0.442. The second-order valence-electron chi connectivity index (χ2n) is 9.99. The predicted molar refractivity (Wildman–Crippen MR) is 132 cm³/mol. The zero-order chi connectivity index (χ0) is 27.3. The van der Waals surface area contributed by atoms with E-state index in [-0.39, 0.29) is 42.5 Å². The molecule has 200 valence electrons. The molecule has 0 bridgehead atoms. The molecule has 2 aliphatic heterocycles. The largest absolute Gasteiger partial charge is 0.444 e. The number of hydrogen-bond donors (Lipinski definition) is 2. The summed E-state index contributed by atoms with van der Waals surface area (Å²) in [6.07, 6.45) is 0.437. The highest BCUT2D eigenvalue weighted by atomic mass is 16.6. The summed E-state index contributed by atoms with van der Waals surface area (Å²) in [5.41, 5.74) is 0.0500. The van der Waals surface area contributed by atoms with Crippen LogP contribution in [0.5, 0.6) is 0 Å². The SMILES string of the molecule is CN(C(=O)c1cccc(CNC(=O)N2CCN(C(=O)OC(C)(C)C)CC2)c1C=O)C1CCC(=O)NC1=O. The van der Waals surface area contributed by atoms with Gasteiger partial charge >= 0.3 is 12.1 Å². The lowest BCUT2D eigenvalue weighted by Crippen LogP contribution is -2.53. The van der Waals surface area contributed by atoms with E-state index in [0.29, 0.717) is 38.0 Å². The maximum absolute atomic E-state index is 13.1. The Morgan fingerprint density at radius 1 is 1.14 bits per heavy atom. The van der Waals surface area contributed by atoms with Crippen LogP contribution in [0.3, 0.4) is 0 Å². The molecule has 1 aromatic rings. The lowest BCUT2D eigenvalue weighted by Gasteiger charge is -2.35. The molecule has 2 aliphatic rings. The minimum atomic E-state index is -0.826. The monoisotopic (exact) mass is 515 g/mol. The Morgan fingerprint density at radius 2 is 1.78 bits per heavy atom. The molecule has 2 fully saturated rings. The first kappa shape index (κ1) is 27.6. The van der Waals surface area contributed by atoms with E-state index in [2.05, 4.69) is 10.6 Å². The van der Waals surface area contributed by atoms with Crippen LogP contribution in [0.2, 0.25) is 0 Å². The molecule has 0 saturated carbocycles. The molecule has 2 heterocycles. The van der Waals surface area contributed by atoms with Gasteiger partial charge in [-0.25, -0.2) is 9.59 Å². The van der Waals surface area contributed by atoms with Gasteiger partial charge in [-0.3, -0.25) is 24.5 Å². The van der Waals surface area contributed by atoms with Crippen molar-refractivity contribution in [1.82, 2.24) is 25.3 Å². The molecule has 0 spiro atoms. The van der Waals surface area contributed by atoms with Crippen molar-refractivity contribution in [3.63, 3.8) is 0 Å². The zero-order valence-corrected chi connectivity index (χ0v) is 21.5. The van der Waals surface area contributed by atoms with Crippen LogP contribution in [0, 0.1) is 0 Å². The summed E-state index contributed by atoms with van der Waals surface area (Å²) in [6, 6.07) is 3.52. The van der Waals surface area contributed by atoms with Gasteiger partial charge in [-0.15, -0.1) is 0 Å². The number of aldehydes is 1. The zero-order valence-electron chi connectivity index (χ0n) is 21.5. The van der Waals surface area contributed by atoms with E-state index in [1.165, 1.54) is 18.0 Å². The van der Waals surface area contributed by atoms with Gasteiger partial charge in [0.2, 0.25) is 11.8 Å². The summed E-state index contributed by atoms with van der Waals surface area (Å²) in [6.45, 7) is 6.67. The Labute approximate surface area is 215 Å². The number of carbonyl (C=O) groups excluding carboxylic acids is 6. The topological polar surface area (TPSA) is 145 Å². The van der Waals surface area contributed by atoms with E-state index in [4.69, 9.17) is 4.74 Å². The molecule has 12 heteroatoms. The third kappa shape index (κ3) is 6.83. The van der Waals surface area contributed by atoms with Gasteiger partial charge < -0.3 is 24.8 Å². The van der Waals surface area contributed by atoms with E-state index in [0.717, 1.165) is 0 Å². The smallest absolute Gasteiger partial charge is 0.410 e. The van der Waals surface area contributed by atoms with Gasteiger partial charge in [0.15, 0.2) is 6.29 Å². The molecule has 2 N–H and O–H groups in total. The van der Waals surface area contributed by atoms with Crippen LogP contribution in [-0.4, -0.2) is 95.7 Å². The Morgan fingerprint density at radius 3 is 2.38 bits per heavy atom. The molecule has 1 unspecified atom stereocenters. The maximum atomic E-state index is 13.1. The molecule has 12 nitrogen and oxygen atoms in total. The van der Waals surface area contributed by atoms with Crippen molar-refractivity contribution in [3.05, 3.63) is 34.9 Å². The van der Waals surface area contributed by atoms with Crippen molar-refractivity contribution in [2.24, 2.45) is 0 Å². The van der Waals surface area contributed by atoms with E-state index >= 15 is 0 Å². The number of imide groups is 1. The van der Waals surface area contributed by atoms with Gasteiger partial charge in [0.25, 0.3) is 5.91 Å². The fourth-order valence-corrected chi connectivity index (χ4v) is 4.18. The molecule has 1 aromatic carbocycles. The molecule has 0 aromatic heterocycles. The van der Waals surface area contributed by atoms with Crippen LogP contribution in [0.15, 0.2) is 18.2 Å². The number of rotatable bonds is 5. The van der Waals surface area contributed by atoms with E-state index < -0.39 is 29.6 Å². The number of nitrogens with zero attached hydrogens (tertiary/aromatic N) is 3. The van der Waals surface area contributed by atoms with Crippen molar-refractivity contribution in [2.75, 3.05) is 33.2 Å². The standard InChI is InChI=1S/C25H33N5O7/c1-25(2,3)37-24(36)30-12-10-29(11-13-30)23(35)26-14-16-6-5-7-17(18(16)15-31)22(34)28(4)19-8-9-20(32)27-21(19)33/h5-7,15,19H,8-14H2,1-4H3,(H,26,35)(H,27,32,33). The average Bonchev–Trinajstić information content (AvgIpc) is 2.85. The number of carbonyl (C=O) groups is 6. The van der Waals surface area contributed by atoms with Gasteiger partial charge in [-0.1, -0.05) is 12.1 Å². The number of ether oxygens (including phenoxy) is 1. The number of piperidine rings is 1. The van der Waals surface area contributed by atoms with Crippen LogP contribution in [0.1, 0.15) is 59.9 Å². The fraction of sp³-hybridized carbons (Fsp3) is 0.520. The lowest BCUT2D eigenvalue weighted by molar-refractivity contribution is -0.136. The van der Waals surface area contributed by atoms with Gasteiger partial charge in [0, 0.05) is 51.8 Å². The van der Waals surface area contributed by atoms with E-state index in [1.54, 1.807) is 42.7 Å². The second kappa shape index (κ2) is 11.4. The van der Waals surface area contributed by atoms with Crippen LogP contribution in [0.4, 0.5) is 9.59 Å². The van der Waals surface area contributed by atoms with Crippen molar-refractivity contribution in [2.45, 2.75) is 51.8 Å². The molecule has 2 saturated heterocycles. The first-order valence-electron chi connectivity index (χ1n) is 12.1. The highest BCUT2D eigenvalue weighted by molar-refractivity contribution is 6.06. The highest BCUT2D eigenvalue weighted by Gasteiger charge is 2.33. The molecule has 6 amide bonds. The summed E-state index contributed by atoms with van der Waals surface area (Å²) in [7, 11) is 1.45. The first-order valence-corrected chi connectivity index (χ1v) is 12.1. The Hall–Kier alpha value is -3.96. The summed E-state index contributed by atoms with van der Waals surface area (Å²) in [4.78, 5) is 77.9. The number of hydrogen-bond acceptors (Lipinski definition) is 7. The number of likely N-dealkylation sites (N-methyl/N-ethyl adjacent to an activating group) is 1. The summed E-state index contributed by atoms with van der Waals surface area (Å²) in [5, 5.41) is 4.98. The van der Waals surface area contributed by atoms with Crippen molar-refractivity contribution < 1.29 is 33.5 Å². The highest BCUT2D eigenvalue weighted by Crippen LogP contribution is 2.19. The lowest BCUT2D eigenvalue weighted by atomic mass is 9.99. The molecule has 1 atom stereocenters. The van der Waals surface area contributed by atoms with E-state index in [1.807, 2.05) is 0 Å². The Balaban J connectivity index is 1.61. The fourth-order valence-electron chi connectivity index (χ4n) is 4.18. The Bertz CT molecular complexity index is 1090. The third-order valence-corrected chi connectivity index (χ3v) is 6.19. The number of amides is 6. The van der Waals surface area contributed by atoms with Gasteiger partial charge in [-0.05, 0) is 38.8 Å². The van der Waals surface area contributed by atoms with Crippen molar-refractivity contribution >= 4 is 36.1 Å². The third-order valence-electron chi connectivity index (χ3n) is 6.19. The van der Waals surface area contributed by atoms with Crippen LogP contribution < -0.4 is 10.6 Å². The number of piperazine rings is 1. The average molecular weight is 516 g/mol. The van der Waals surface area contributed by atoms with E-state index in [9.17, 15) is 28.8 Å². The van der Waals surface area contributed by atoms with Crippen LogP contribution in [0.25, 0.3) is 0 Å². The predicted octanol–water partition coefficient (Wildman–Crippen LogP) is 1.14. The molecular formula is C25H33N5O7. The van der Waals surface area contributed by atoms with Crippen molar-refractivity contribution in [3.8, 4) is 0 Å². The van der Waals surface area contributed by atoms with Gasteiger partial charge in [0.1, 0.15) is 11.6 Å². The van der Waals surface area contributed by atoms with Crippen LogP contribution in [-0.2, 0) is 20.9 Å². The van der Waals surface area contributed by atoms with Crippen molar-refractivity contribution in [1.29, 1.82) is 0 Å². The molecule has 3 rings (SSSR count). The summed E-state index contributed by atoms with van der Waals surface area (Å²) < 4.78 is 5.37. The normalized spacial score (nSPS) is 18.1.